The number of nitrogens with zero attached hydrogens (tertiary/aromatic N) is 3. The van der Waals surface area contributed by atoms with E-state index < -0.39 is 0 Å². The summed E-state index contributed by atoms with van der Waals surface area (Å²) in [5, 5.41) is 2.88. The molecule has 0 aliphatic carbocycles. The van der Waals surface area contributed by atoms with Crippen LogP contribution >= 0.6 is 0 Å². The molecule has 2 amide bonds. The highest BCUT2D eigenvalue weighted by Gasteiger charge is 2.19. The summed E-state index contributed by atoms with van der Waals surface area (Å²) in [6.45, 7) is 9.13. The van der Waals surface area contributed by atoms with Gasteiger partial charge in [-0.15, -0.1) is 0 Å². The predicted molar refractivity (Wildman–Crippen MR) is 114 cm³/mol. The Bertz CT molecular complexity index is 645. The second-order valence-corrected chi connectivity index (χ2v) is 8.93. The van der Waals surface area contributed by atoms with Crippen LogP contribution in [0, 0.1) is 0 Å². The molecule has 0 saturated carbocycles. The zero-order chi connectivity index (χ0) is 20.7. The van der Waals surface area contributed by atoms with Crippen molar-refractivity contribution >= 4 is 17.5 Å². The Labute approximate surface area is 169 Å². The molecular formula is C22H36N4O2. The van der Waals surface area contributed by atoms with Crippen LogP contribution in [-0.4, -0.2) is 67.4 Å². The molecule has 2 rings (SSSR count). The van der Waals surface area contributed by atoms with Gasteiger partial charge in [0, 0.05) is 37.9 Å². The second-order valence-electron chi connectivity index (χ2n) is 8.93. The summed E-state index contributed by atoms with van der Waals surface area (Å²) in [4.78, 5) is 30.3. The third-order valence-corrected chi connectivity index (χ3v) is 4.84. The molecule has 28 heavy (non-hydrogen) atoms. The quantitative estimate of drug-likeness (QED) is 0.780. The summed E-state index contributed by atoms with van der Waals surface area (Å²) in [5.41, 5.74) is 2.17. The lowest BCUT2D eigenvalue weighted by molar-refractivity contribution is -0.136. The van der Waals surface area contributed by atoms with E-state index in [1.165, 1.54) is 35.4 Å². The lowest BCUT2D eigenvalue weighted by Gasteiger charge is -2.29. The van der Waals surface area contributed by atoms with Crippen LogP contribution in [0.3, 0.4) is 0 Å². The average molecular weight is 389 g/mol. The number of anilines is 1. The molecule has 1 heterocycles. The van der Waals surface area contributed by atoms with Crippen LogP contribution in [0.25, 0.3) is 0 Å². The minimum atomic E-state index is -0.294. The number of piperidine rings is 1. The zero-order valence-corrected chi connectivity index (χ0v) is 18.1. The Morgan fingerprint density at radius 1 is 1.00 bits per heavy atom. The zero-order valence-electron chi connectivity index (χ0n) is 18.1. The number of hydrogen-bond donors (Lipinski definition) is 1. The Morgan fingerprint density at radius 2 is 1.61 bits per heavy atom. The average Bonchev–Trinajstić information content (AvgIpc) is 2.61. The number of carbonyl (C=O) groups is 2. The Kier molecular flexibility index (Phi) is 7.87. The Balaban J connectivity index is 1.79. The van der Waals surface area contributed by atoms with Gasteiger partial charge in [0.2, 0.25) is 11.8 Å². The molecule has 0 bridgehead atoms. The smallest absolute Gasteiger partial charge is 0.240 e. The van der Waals surface area contributed by atoms with E-state index in [0.717, 1.165) is 13.1 Å². The minimum Gasteiger partial charge on any atom is -0.372 e. The van der Waals surface area contributed by atoms with Gasteiger partial charge in [0.25, 0.3) is 0 Å². The van der Waals surface area contributed by atoms with Crippen molar-refractivity contribution in [2.75, 3.05) is 45.2 Å². The van der Waals surface area contributed by atoms with Crippen molar-refractivity contribution < 1.29 is 9.59 Å². The van der Waals surface area contributed by atoms with Gasteiger partial charge in [-0.3, -0.25) is 14.5 Å². The normalized spacial score (nSPS) is 14.9. The molecule has 0 aromatic heterocycles. The summed E-state index contributed by atoms with van der Waals surface area (Å²) in [5.74, 6) is -0.198. The molecule has 1 fully saturated rings. The first-order valence-electron chi connectivity index (χ1n) is 10.2. The highest BCUT2D eigenvalue weighted by molar-refractivity contribution is 5.85. The highest BCUT2D eigenvalue weighted by atomic mass is 16.2. The van der Waals surface area contributed by atoms with Crippen molar-refractivity contribution in [1.82, 2.24) is 15.1 Å². The maximum atomic E-state index is 12.4. The van der Waals surface area contributed by atoms with Crippen LogP contribution in [0.15, 0.2) is 24.3 Å². The van der Waals surface area contributed by atoms with Crippen LogP contribution in [0.2, 0.25) is 0 Å². The van der Waals surface area contributed by atoms with Crippen molar-refractivity contribution in [2.24, 2.45) is 0 Å². The second kappa shape index (κ2) is 9.92. The summed E-state index contributed by atoms with van der Waals surface area (Å²) < 4.78 is 0. The molecule has 1 saturated heterocycles. The minimum absolute atomic E-state index is 0.0588. The van der Waals surface area contributed by atoms with Crippen LogP contribution in [0.4, 0.5) is 5.69 Å². The summed E-state index contributed by atoms with van der Waals surface area (Å²) in [7, 11) is 3.60. The van der Waals surface area contributed by atoms with Crippen molar-refractivity contribution in [1.29, 1.82) is 0 Å². The number of amides is 2. The fraction of sp³-hybridized carbons (Fsp3) is 0.636. The van der Waals surface area contributed by atoms with Crippen LogP contribution < -0.4 is 10.2 Å². The molecule has 0 radical (unpaired) electrons. The maximum Gasteiger partial charge on any atom is 0.240 e. The van der Waals surface area contributed by atoms with E-state index >= 15 is 0 Å². The van der Waals surface area contributed by atoms with Crippen LogP contribution in [-0.2, 0) is 16.1 Å². The topological polar surface area (TPSA) is 55.9 Å². The van der Waals surface area contributed by atoms with E-state index in [2.05, 4.69) is 34.5 Å². The van der Waals surface area contributed by atoms with E-state index in [-0.39, 0.29) is 30.4 Å². The summed E-state index contributed by atoms with van der Waals surface area (Å²) in [6.07, 6.45) is 3.88. The number of rotatable bonds is 7. The molecule has 0 unspecified atom stereocenters. The van der Waals surface area contributed by atoms with Gasteiger partial charge in [-0.2, -0.15) is 0 Å². The molecule has 6 nitrogen and oxygen atoms in total. The highest BCUT2D eigenvalue weighted by Crippen LogP contribution is 2.20. The van der Waals surface area contributed by atoms with Gasteiger partial charge in [-0.05, 0) is 64.8 Å². The van der Waals surface area contributed by atoms with Crippen LogP contribution in [0.5, 0.6) is 0 Å². The van der Waals surface area contributed by atoms with Crippen molar-refractivity contribution in [2.45, 2.75) is 52.1 Å². The molecule has 0 spiro atoms. The van der Waals surface area contributed by atoms with E-state index in [9.17, 15) is 9.59 Å². The van der Waals surface area contributed by atoms with Gasteiger partial charge < -0.3 is 15.1 Å². The molecule has 6 heteroatoms. The predicted octanol–water partition coefficient (Wildman–Crippen LogP) is 2.48. The molecule has 1 aliphatic rings. The first-order chi connectivity index (χ1) is 13.1. The van der Waals surface area contributed by atoms with Gasteiger partial charge in [0.05, 0.1) is 13.1 Å². The summed E-state index contributed by atoms with van der Waals surface area (Å²) >= 11 is 0. The number of carbonyl (C=O) groups excluding carboxylic acids is 2. The van der Waals surface area contributed by atoms with Gasteiger partial charge >= 0.3 is 0 Å². The molecule has 1 aromatic carbocycles. The monoisotopic (exact) mass is 388 g/mol. The standard InChI is InChI=1S/C22H36N4O2/c1-22(2,3)23-20(27)16-25(5)21(28)17-24(4)15-18-9-11-19(12-10-18)26-13-7-6-8-14-26/h9-12H,6-8,13-17H2,1-5H3,(H,23,27). The maximum absolute atomic E-state index is 12.4. The van der Waals surface area contributed by atoms with E-state index in [1.807, 2.05) is 32.7 Å². The number of nitrogens with one attached hydrogen (secondary N) is 1. The lowest BCUT2D eigenvalue weighted by atomic mass is 10.1. The van der Waals surface area contributed by atoms with Gasteiger partial charge in [-0.25, -0.2) is 0 Å². The van der Waals surface area contributed by atoms with Crippen molar-refractivity contribution in [3.05, 3.63) is 29.8 Å². The third kappa shape index (κ3) is 7.50. The first-order valence-corrected chi connectivity index (χ1v) is 10.2. The Hall–Kier alpha value is -2.08. The van der Waals surface area contributed by atoms with Gasteiger partial charge in [0.1, 0.15) is 0 Å². The molecule has 1 aromatic rings. The first kappa shape index (κ1) is 22.2. The van der Waals surface area contributed by atoms with E-state index in [4.69, 9.17) is 0 Å². The van der Waals surface area contributed by atoms with Crippen molar-refractivity contribution in [3.8, 4) is 0 Å². The van der Waals surface area contributed by atoms with E-state index in [0.29, 0.717) is 6.54 Å². The largest absolute Gasteiger partial charge is 0.372 e. The third-order valence-electron chi connectivity index (χ3n) is 4.84. The van der Waals surface area contributed by atoms with Crippen LogP contribution in [0.1, 0.15) is 45.6 Å². The Morgan fingerprint density at radius 3 is 2.18 bits per heavy atom. The number of hydrogen-bond acceptors (Lipinski definition) is 4. The van der Waals surface area contributed by atoms with Crippen molar-refractivity contribution in [3.63, 3.8) is 0 Å². The molecule has 0 atom stereocenters. The number of benzene rings is 1. The lowest BCUT2D eigenvalue weighted by Crippen LogP contribution is -2.47. The van der Waals surface area contributed by atoms with E-state index in [1.54, 1.807) is 7.05 Å². The molecule has 1 N–H and O–H groups in total. The molecule has 156 valence electrons. The molecule has 1 aliphatic heterocycles. The SMILES string of the molecule is CN(CC(=O)N(C)CC(=O)NC(C)(C)C)Cc1ccc(N2CCCCC2)cc1. The fourth-order valence-corrected chi connectivity index (χ4v) is 3.44. The van der Waals surface area contributed by atoms with Gasteiger partial charge in [-0.1, -0.05) is 12.1 Å². The number of likely N-dealkylation sites (N-methyl/N-ethyl adjacent to an activating group) is 2. The van der Waals surface area contributed by atoms with Gasteiger partial charge in [0.15, 0.2) is 0 Å². The molecular weight excluding hydrogens is 352 g/mol. The summed E-state index contributed by atoms with van der Waals surface area (Å²) in [6, 6.07) is 8.65. The fourth-order valence-electron chi connectivity index (χ4n) is 3.44.